The molecule has 2 aliphatic rings. The van der Waals surface area contributed by atoms with E-state index in [-0.39, 0.29) is 18.6 Å². The van der Waals surface area contributed by atoms with Crippen molar-refractivity contribution in [3.63, 3.8) is 0 Å². The zero-order chi connectivity index (χ0) is 10.2. The number of aliphatic carboxylic acids is 1. The maximum Gasteiger partial charge on any atom is 0.317 e. The van der Waals surface area contributed by atoms with E-state index in [0.717, 1.165) is 25.9 Å². The van der Waals surface area contributed by atoms with Crippen molar-refractivity contribution < 1.29 is 15.0 Å². The third kappa shape index (κ3) is 1.53. The minimum Gasteiger partial charge on any atom is -0.480 e. The van der Waals surface area contributed by atoms with Crippen molar-refractivity contribution in [2.45, 2.75) is 19.3 Å². The summed E-state index contributed by atoms with van der Waals surface area (Å²) in [4.78, 5) is 12.5. The van der Waals surface area contributed by atoms with Crippen molar-refractivity contribution in [2.24, 2.45) is 11.3 Å². The van der Waals surface area contributed by atoms with Crippen LogP contribution in [0.2, 0.25) is 0 Å². The van der Waals surface area contributed by atoms with Gasteiger partial charge in [0.25, 0.3) is 0 Å². The lowest BCUT2D eigenvalue weighted by Gasteiger charge is -2.25. The maximum absolute atomic E-state index is 10.6. The van der Waals surface area contributed by atoms with E-state index in [1.165, 1.54) is 6.42 Å². The molecule has 0 radical (unpaired) electrons. The molecule has 4 heteroatoms. The van der Waals surface area contributed by atoms with Gasteiger partial charge in [-0.3, -0.25) is 9.69 Å². The highest BCUT2D eigenvalue weighted by molar-refractivity contribution is 5.69. The van der Waals surface area contributed by atoms with Gasteiger partial charge in [-0.05, 0) is 18.8 Å². The molecule has 80 valence electrons. The summed E-state index contributed by atoms with van der Waals surface area (Å²) in [5.41, 5.74) is 0.0233. The third-order valence-corrected chi connectivity index (χ3v) is 3.78. The molecule has 0 spiro atoms. The van der Waals surface area contributed by atoms with E-state index in [9.17, 15) is 9.90 Å². The SMILES string of the molecule is O=C(O)CN1C[C@H]2CCC[C@@]2(CO)C1. The van der Waals surface area contributed by atoms with E-state index >= 15 is 0 Å². The van der Waals surface area contributed by atoms with Crippen LogP contribution in [0.3, 0.4) is 0 Å². The van der Waals surface area contributed by atoms with Crippen LogP contribution < -0.4 is 0 Å². The van der Waals surface area contributed by atoms with E-state index in [4.69, 9.17) is 5.11 Å². The summed E-state index contributed by atoms with van der Waals surface area (Å²) in [6.07, 6.45) is 3.40. The summed E-state index contributed by atoms with van der Waals surface area (Å²) in [5.74, 6) is -0.245. The lowest BCUT2D eigenvalue weighted by atomic mass is 9.82. The Balaban J connectivity index is 2.01. The molecule has 0 aromatic heterocycles. The number of rotatable bonds is 3. The standard InChI is InChI=1S/C10H17NO3/c12-7-10-3-1-2-8(10)4-11(6-10)5-9(13)14/h8,12H,1-7H2,(H,13,14)/t8-,10+/m1/s1. The molecule has 0 amide bonds. The van der Waals surface area contributed by atoms with Crippen molar-refractivity contribution in [3.05, 3.63) is 0 Å². The molecule has 0 bridgehead atoms. The molecule has 2 atom stereocenters. The van der Waals surface area contributed by atoms with Gasteiger partial charge in [0, 0.05) is 18.5 Å². The molecule has 1 aliphatic carbocycles. The van der Waals surface area contributed by atoms with Crippen LogP contribution in [0.4, 0.5) is 0 Å². The average Bonchev–Trinajstić information content (AvgIpc) is 2.59. The highest BCUT2D eigenvalue weighted by Gasteiger charge is 2.48. The first kappa shape index (κ1) is 9.93. The second-order valence-corrected chi connectivity index (χ2v) is 4.67. The fraction of sp³-hybridized carbons (Fsp3) is 0.900. The second-order valence-electron chi connectivity index (χ2n) is 4.67. The van der Waals surface area contributed by atoms with Crippen LogP contribution >= 0.6 is 0 Å². The zero-order valence-electron chi connectivity index (χ0n) is 8.28. The summed E-state index contributed by atoms with van der Waals surface area (Å²) >= 11 is 0. The number of likely N-dealkylation sites (tertiary alicyclic amines) is 1. The Labute approximate surface area is 83.5 Å². The first-order valence-electron chi connectivity index (χ1n) is 5.21. The first-order valence-corrected chi connectivity index (χ1v) is 5.21. The maximum atomic E-state index is 10.6. The fourth-order valence-electron chi connectivity index (χ4n) is 3.10. The molecule has 1 saturated heterocycles. The minimum atomic E-state index is -0.766. The number of nitrogens with zero attached hydrogens (tertiary/aromatic N) is 1. The second kappa shape index (κ2) is 3.51. The molecule has 0 aromatic rings. The van der Waals surface area contributed by atoms with Crippen LogP contribution in [-0.4, -0.2) is 47.3 Å². The summed E-state index contributed by atoms with van der Waals surface area (Å²) in [6.45, 7) is 1.96. The lowest BCUT2D eigenvalue weighted by molar-refractivity contribution is -0.138. The van der Waals surface area contributed by atoms with Gasteiger partial charge in [0.1, 0.15) is 0 Å². The van der Waals surface area contributed by atoms with Gasteiger partial charge in [0.15, 0.2) is 0 Å². The van der Waals surface area contributed by atoms with Gasteiger partial charge in [-0.15, -0.1) is 0 Å². The molecular weight excluding hydrogens is 182 g/mol. The first-order chi connectivity index (χ1) is 6.66. The molecule has 0 unspecified atom stereocenters. The summed E-state index contributed by atoms with van der Waals surface area (Å²) in [7, 11) is 0. The molecule has 1 aliphatic heterocycles. The highest BCUT2D eigenvalue weighted by Crippen LogP contribution is 2.48. The molecule has 0 aromatic carbocycles. The normalized spacial score (nSPS) is 37.4. The summed E-state index contributed by atoms with van der Waals surface area (Å²) in [5, 5.41) is 18.1. The summed E-state index contributed by atoms with van der Waals surface area (Å²) < 4.78 is 0. The van der Waals surface area contributed by atoms with E-state index < -0.39 is 5.97 Å². The van der Waals surface area contributed by atoms with E-state index in [0.29, 0.717) is 5.92 Å². The quantitative estimate of drug-likeness (QED) is 0.680. The Bertz CT molecular complexity index is 244. The van der Waals surface area contributed by atoms with Crippen molar-refractivity contribution in [1.82, 2.24) is 4.90 Å². The van der Waals surface area contributed by atoms with Gasteiger partial charge in [0.2, 0.25) is 0 Å². The van der Waals surface area contributed by atoms with Crippen LogP contribution in [0.15, 0.2) is 0 Å². The van der Waals surface area contributed by atoms with Gasteiger partial charge in [-0.1, -0.05) is 6.42 Å². The lowest BCUT2D eigenvalue weighted by Crippen LogP contribution is -2.33. The van der Waals surface area contributed by atoms with Crippen molar-refractivity contribution >= 4 is 5.97 Å². The van der Waals surface area contributed by atoms with Gasteiger partial charge < -0.3 is 10.2 Å². The molecular formula is C10H17NO3. The van der Waals surface area contributed by atoms with Gasteiger partial charge in [-0.2, -0.15) is 0 Å². The van der Waals surface area contributed by atoms with Crippen molar-refractivity contribution in [3.8, 4) is 0 Å². The van der Waals surface area contributed by atoms with Crippen LogP contribution in [0, 0.1) is 11.3 Å². The topological polar surface area (TPSA) is 60.8 Å². The fourth-order valence-corrected chi connectivity index (χ4v) is 3.10. The van der Waals surface area contributed by atoms with E-state index in [2.05, 4.69) is 0 Å². The third-order valence-electron chi connectivity index (χ3n) is 3.78. The minimum absolute atomic E-state index is 0.0233. The molecule has 2 rings (SSSR count). The Morgan fingerprint density at radius 2 is 2.36 bits per heavy atom. The van der Waals surface area contributed by atoms with Gasteiger partial charge in [0.05, 0.1) is 13.2 Å². The Hall–Kier alpha value is -0.610. The van der Waals surface area contributed by atoms with E-state index in [1.54, 1.807) is 0 Å². The number of carbonyl (C=O) groups is 1. The average molecular weight is 199 g/mol. The number of hydrogen-bond donors (Lipinski definition) is 2. The molecule has 14 heavy (non-hydrogen) atoms. The predicted molar refractivity (Wildman–Crippen MR) is 50.9 cm³/mol. The Morgan fingerprint density at radius 1 is 1.57 bits per heavy atom. The summed E-state index contributed by atoms with van der Waals surface area (Å²) in [6, 6.07) is 0. The molecule has 4 nitrogen and oxygen atoms in total. The Morgan fingerprint density at radius 3 is 2.93 bits per heavy atom. The molecule has 2 N–H and O–H groups in total. The van der Waals surface area contributed by atoms with Crippen LogP contribution in [0.1, 0.15) is 19.3 Å². The van der Waals surface area contributed by atoms with Crippen molar-refractivity contribution in [2.75, 3.05) is 26.2 Å². The monoisotopic (exact) mass is 199 g/mol. The van der Waals surface area contributed by atoms with E-state index in [1.807, 2.05) is 4.90 Å². The number of carboxylic acids is 1. The number of aliphatic hydroxyl groups excluding tert-OH is 1. The number of carboxylic acid groups (broad SMARTS) is 1. The van der Waals surface area contributed by atoms with Crippen LogP contribution in [0.5, 0.6) is 0 Å². The molecule has 1 saturated carbocycles. The predicted octanol–water partition coefficient (Wildman–Crippen LogP) is 0.165. The zero-order valence-corrected chi connectivity index (χ0v) is 8.28. The highest BCUT2D eigenvalue weighted by atomic mass is 16.4. The number of aliphatic hydroxyl groups is 1. The van der Waals surface area contributed by atoms with Crippen LogP contribution in [-0.2, 0) is 4.79 Å². The largest absolute Gasteiger partial charge is 0.480 e. The number of fused-ring (bicyclic) bond motifs is 1. The smallest absolute Gasteiger partial charge is 0.317 e. The van der Waals surface area contributed by atoms with Gasteiger partial charge in [-0.25, -0.2) is 0 Å². The van der Waals surface area contributed by atoms with Crippen molar-refractivity contribution in [1.29, 1.82) is 0 Å². The van der Waals surface area contributed by atoms with Crippen LogP contribution in [0.25, 0.3) is 0 Å². The van der Waals surface area contributed by atoms with Gasteiger partial charge >= 0.3 is 5.97 Å². The molecule has 2 fully saturated rings. The number of hydrogen-bond acceptors (Lipinski definition) is 3. The molecule has 1 heterocycles. The Kier molecular flexibility index (Phi) is 2.49.